The van der Waals surface area contributed by atoms with Gasteiger partial charge in [0, 0.05) is 38.2 Å². The number of aliphatic hydroxyl groups is 1. The van der Waals surface area contributed by atoms with Gasteiger partial charge in [-0.05, 0) is 37.2 Å². The molecule has 7 nitrogen and oxygen atoms in total. The van der Waals surface area contributed by atoms with Crippen LogP contribution in [0.25, 0.3) is 0 Å². The third-order valence-corrected chi connectivity index (χ3v) is 5.55. The van der Waals surface area contributed by atoms with Crippen LogP contribution in [-0.4, -0.2) is 53.1 Å². The van der Waals surface area contributed by atoms with Gasteiger partial charge in [0.05, 0.1) is 19.3 Å². The van der Waals surface area contributed by atoms with Crippen LogP contribution in [-0.2, 0) is 9.59 Å². The fourth-order valence-electron chi connectivity index (χ4n) is 3.83. The van der Waals surface area contributed by atoms with Crippen molar-refractivity contribution in [1.29, 1.82) is 0 Å². The van der Waals surface area contributed by atoms with Gasteiger partial charge in [-0.2, -0.15) is 0 Å². The number of carbonyl (C=O) groups excluding carboxylic acids is 2. The highest BCUT2D eigenvalue weighted by Gasteiger charge is 2.35. The van der Waals surface area contributed by atoms with Crippen LogP contribution in [0.3, 0.4) is 0 Å². The Hall–Kier alpha value is -2.15. The lowest BCUT2D eigenvalue weighted by molar-refractivity contribution is -0.131. The zero-order valence-electron chi connectivity index (χ0n) is 15.9. The van der Waals surface area contributed by atoms with Gasteiger partial charge in [0.25, 0.3) is 0 Å². The zero-order valence-corrected chi connectivity index (χ0v) is 15.9. The number of likely N-dealkylation sites (tertiary alicyclic amines) is 1. The standard InChI is InChI=1S/C20H29N3O4/c1-27-18-7-6-14(13-21-18)20(15-11-16(24)12-15)22-17(25)8-10-23-9-4-2-3-5-19(23)26/h6-7,13,15-16,20,24H,2-5,8-12H2,1H3,(H,22,25). The van der Waals surface area contributed by atoms with E-state index in [9.17, 15) is 14.7 Å². The molecule has 7 heteroatoms. The molecule has 3 rings (SSSR count). The highest BCUT2D eigenvalue weighted by molar-refractivity contribution is 5.79. The molecule has 1 aliphatic heterocycles. The SMILES string of the molecule is COc1ccc(C(NC(=O)CCN2CCCCCC2=O)C2CC(O)C2)cn1. The lowest BCUT2D eigenvalue weighted by atomic mass is 9.75. The third kappa shape index (κ3) is 5.19. The van der Waals surface area contributed by atoms with Gasteiger partial charge in [0.1, 0.15) is 0 Å². The van der Waals surface area contributed by atoms with Crippen molar-refractivity contribution in [3.63, 3.8) is 0 Å². The summed E-state index contributed by atoms with van der Waals surface area (Å²) in [6, 6.07) is 3.50. The first-order valence-electron chi connectivity index (χ1n) is 9.82. The van der Waals surface area contributed by atoms with Crippen molar-refractivity contribution in [3.8, 4) is 5.88 Å². The van der Waals surface area contributed by atoms with Gasteiger partial charge in [-0.3, -0.25) is 9.59 Å². The van der Waals surface area contributed by atoms with Crippen molar-refractivity contribution >= 4 is 11.8 Å². The van der Waals surface area contributed by atoms with E-state index in [2.05, 4.69) is 10.3 Å². The average molecular weight is 375 g/mol. The van der Waals surface area contributed by atoms with Gasteiger partial charge >= 0.3 is 0 Å². The normalized spacial score (nSPS) is 23.9. The van der Waals surface area contributed by atoms with Crippen molar-refractivity contribution < 1.29 is 19.4 Å². The summed E-state index contributed by atoms with van der Waals surface area (Å²) in [5, 5.41) is 12.8. The van der Waals surface area contributed by atoms with Crippen molar-refractivity contribution in [1.82, 2.24) is 15.2 Å². The van der Waals surface area contributed by atoms with E-state index in [0.717, 1.165) is 31.4 Å². The molecule has 2 fully saturated rings. The van der Waals surface area contributed by atoms with E-state index in [-0.39, 0.29) is 29.9 Å². The van der Waals surface area contributed by atoms with Gasteiger partial charge < -0.3 is 20.1 Å². The summed E-state index contributed by atoms with van der Waals surface area (Å²) >= 11 is 0. The highest BCUT2D eigenvalue weighted by atomic mass is 16.5. The smallest absolute Gasteiger partial charge is 0.222 e. The van der Waals surface area contributed by atoms with Gasteiger partial charge in [0.15, 0.2) is 0 Å². The minimum atomic E-state index is -0.296. The number of hydrogen-bond acceptors (Lipinski definition) is 5. The minimum absolute atomic E-state index is 0.0748. The number of hydrogen-bond donors (Lipinski definition) is 2. The number of amides is 2. The molecule has 1 unspecified atom stereocenters. The van der Waals surface area contributed by atoms with Gasteiger partial charge in [-0.25, -0.2) is 4.98 Å². The number of ether oxygens (including phenoxy) is 1. The van der Waals surface area contributed by atoms with Crippen LogP contribution in [0.5, 0.6) is 5.88 Å². The first-order valence-corrected chi connectivity index (χ1v) is 9.82. The van der Waals surface area contributed by atoms with Crippen LogP contribution in [0.15, 0.2) is 18.3 Å². The molecule has 1 aromatic rings. The topological polar surface area (TPSA) is 91.8 Å². The molecule has 0 radical (unpaired) electrons. The Morgan fingerprint density at radius 2 is 2.19 bits per heavy atom. The number of nitrogens with zero attached hydrogens (tertiary/aromatic N) is 2. The Balaban J connectivity index is 1.59. The van der Waals surface area contributed by atoms with E-state index in [4.69, 9.17) is 4.74 Å². The molecule has 148 valence electrons. The second-order valence-electron chi connectivity index (χ2n) is 7.51. The number of aliphatic hydroxyl groups excluding tert-OH is 1. The van der Waals surface area contributed by atoms with Crippen LogP contribution in [0.1, 0.15) is 56.6 Å². The average Bonchev–Trinajstić information content (AvgIpc) is 2.86. The van der Waals surface area contributed by atoms with Gasteiger partial charge in [-0.15, -0.1) is 0 Å². The molecule has 2 heterocycles. The summed E-state index contributed by atoms with van der Waals surface area (Å²) < 4.78 is 5.10. The fraction of sp³-hybridized carbons (Fsp3) is 0.650. The Morgan fingerprint density at radius 3 is 2.85 bits per heavy atom. The Labute approximate surface area is 160 Å². The molecule has 0 spiro atoms. The van der Waals surface area contributed by atoms with E-state index < -0.39 is 0 Å². The summed E-state index contributed by atoms with van der Waals surface area (Å²) in [6.45, 7) is 1.21. The quantitative estimate of drug-likeness (QED) is 0.758. The number of rotatable bonds is 7. The Bertz CT molecular complexity index is 643. The van der Waals surface area contributed by atoms with E-state index in [1.165, 1.54) is 0 Å². The molecule has 0 bridgehead atoms. The molecule has 27 heavy (non-hydrogen) atoms. The molecule has 2 aliphatic rings. The molecule has 2 amide bonds. The molecular weight excluding hydrogens is 346 g/mol. The maximum absolute atomic E-state index is 12.6. The molecular formula is C20H29N3O4. The lowest BCUT2D eigenvalue weighted by Crippen LogP contribution is -2.42. The molecule has 1 saturated carbocycles. The number of aromatic nitrogens is 1. The van der Waals surface area contributed by atoms with Crippen molar-refractivity contribution in [2.24, 2.45) is 5.92 Å². The van der Waals surface area contributed by atoms with E-state index in [1.807, 2.05) is 11.0 Å². The first kappa shape index (κ1) is 19.6. The molecule has 1 atom stereocenters. The van der Waals surface area contributed by atoms with Crippen LogP contribution >= 0.6 is 0 Å². The summed E-state index contributed by atoms with van der Waals surface area (Å²) in [7, 11) is 1.56. The summed E-state index contributed by atoms with van der Waals surface area (Å²) in [5.41, 5.74) is 0.909. The fourth-order valence-corrected chi connectivity index (χ4v) is 3.83. The Morgan fingerprint density at radius 1 is 1.37 bits per heavy atom. The van der Waals surface area contributed by atoms with Gasteiger partial charge in [-0.1, -0.05) is 12.5 Å². The van der Waals surface area contributed by atoms with Crippen LogP contribution in [0, 0.1) is 5.92 Å². The van der Waals surface area contributed by atoms with E-state index in [1.54, 1.807) is 19.4 Å². The van der Waals surface area contributed by atoms with E-state index in [0.29, 0.717) is 38.1 Å². The molecule has 2 N–H and O–H groups in total. The zero-order chi connectivity index (χ0) is 19.2. The second-order valence-corrected chi connectivity index (χ2v) is 7.51. The van der Waals surface area contributed by atoms with Crippen LogP contribution in [0.4, 0.5) is 0 Å². The number of carbonyl (C=O) groups is 2. The second kappa shape index (κ2) is 9.17. The number of methoxy groups -OCH3 is 1. The van der Waals surface area contributed by atoms with E-state index >= 15 is 0 Å². The van der Waals surface area contributed by atoms with Gasteiger partial charge in [0.2, 0.25) is 17.7 Å². The minimum Gasteiger partial charge on any atom is -0.481 e. The third-order valence-electron chi connectivity index (χ3n) is 5.55. The molecule has 1 aliphatic carbocycles. The largest absolute Gasteiger partial charge is 0.481 e. The predicted octanol–water partition coefficient (Wildman–Crippen LogP) is 1.81. The molecule has 0 aromatic carbocycles. The highest BCUT2D eigenvalue weighted by Crippen LogP contribution is 2.38. The summed E-state index contributed by atoms with van der Waals surface area (Å²) in [6.07, 6.45) is 6.66. The summed E-state index contributed by atoms with van der Waals surface area (Å²) in [5.74, 6) is 0.795. The van der Waals surface area contributed by atoms with Crippen molar-refractivity contribution in [2.75, 3.05) is 20.2 Å². The first-order chi connectivity index (χ1) is 13.1. The molecule has 1 saturated heterocycles. The Kier molecular flexibility index (Phi) is 6.66. The predicted molar refractivity (Wildman–Crippen MR) is 100 cm³/mol. The van der Waals surface area contributed by atoms with Crippen LogP contribution < -0.4 is 10.1 Å². The lowest BCUT2D eigenvalue weighted by Gasteiger charge is -2.38. The summed E-state index contributed by atoms with van der Waals surface area (Å²) in [4.78, 5) is 30.7. The van der Waals surface area contributed by atoms with Crippen LogP contribution in [0.2, 0.25) is 0 Å². The van der Waals surface area contributed by atoms with Crippen molar-refractivity contribution in [3.05, 3.63) is 23.9 Å². The number of pyridine rings is 1. The maximum Gasteiger partial charge on any atom is 0.222 e. The monoisotopic (exact) mass is 375 g/mol. The van der Waals surface area contributed by atoms with Crippen molar-refractivity contribution in [2.45, 2.75) is 57.1 Å². The maximum atomic E-state index is 12.6. The molecule has 1 aromatic heterocycles. The number of nitrogens with one attached hydrogen (secondary N) is 1.